The minimum Gasteiger partial charge on any atom is -0.483 e. The van der Waals surface area contributed by atoms with E-state index in [0.29, 0.717) is 46.1 Å². The van der Waals surface area contributed by atoms with Crippen molar-refractivity contribution in [1.82, 2.24) is 40.8 Å². The number of hydrogen-bond acceptors (Lipinski definition) is 7. The fourth-order valence-electron chi connectivity index (χ4n) is 8.12. The highest BCUT2D eigenvalue weighted by atomic mass is 35.5. The first-order valence-electron chi connectivity index (χ1n) is 19.6. The van der Waals surface area contributed by atoms with Crippen molar-refractivity contribution in [2.24, 2.45) is 11.8 Å². The number of carboxylic acid groups (broad SMARTS) is 1. The Labute approximate surface area is 348 Å². The van der Waals surface area contributed by atoms with Crippen LogP contribution in [0.5, 0.6) is 0 Å². The minimum atomic E-state index is -0.250. The summed E-state index contributed by atoms with van der Waals surface area (Å²) >= 11 is 12.9. The topological polar surface area (TPSA) is 168 Å². The van der Waals surface area contributed by atoms with Crippen LogP contribution >= 0.6 is 23.2 Å². The molecule has 2 unspecified atom stereocenters. The van der Waals surface area contributed by atoms with E-state index in [4.69, 9.17) is 33.1 Å². The van der Waals surface area contributed by atoms with Gasteiger partial charge in [-0.2, -0.15) is 0 Å². The number of benzene rings is 2. The first-order chi connectivity index (χ1) is 28.3. The van der Waals surface area contributed by atoms with Crippen LogP contribution in [0, 0.1) is 11.8 Å². The molecule has 4 aromatic heterocycles. The third kappa shape index (κ3) is 10.6. The molecule has 2 amide bonds. The van der Waals surface area contributed by atoms with Gasteiger partial charge in [-0.1, -0.05) is 35.3 Å². The van der Waals surface area contributed by atoms with Crippen molar-refractivity contribution >= 4 is 63.3 Å². The summed E-state index contributed by atoms with van der Waals surface area (Å²) in [4.78, 5) is 51.2. The Morgan fingerprint density at radius 3 is 1.64 bits per heavy atom. The van der Waals surface area contributed by atoms with Gasteiger partial charge in [0.1, 0.15) is 0 Å². The lowest BCUT2D eigenvalue weighted by atomic mass is 9.80. The van der Waals surface area contributed by atoms with Gasteiger partial charge in [0.05, 0.1) is 21.2 Å². The fraction of sp³-hybridized carbons (Fsp3) is 0.341. The number of hydrogen-bond donors (Lipinski definition) is 6. The number of piperidine rings is 2. The summed E-state index contributed by atoms with van der Waals surface area (Å²) in [6.45, 7) is 5.13. The molecule has 58 heavy (non-hydrogen) atoms. The van der Waals surface area contributed by atoms with Crippen molar-refractivity contribution in [2.45, 2.75) is 37.5 Å². The molecule has 6 heterocycles. The molecular weight excluding hydrogens is 775 g/mol. The van der Waals surface area contributed by atoms with Crippen LogP contribution in [0.25, 0.3) is 21.8 Å². The summed E-state index contributed by atoms with van der Waals surface area (Å²) in [6.07, 6.45) is 15.5. The summed E-state index contributed by atoms with van der Waals surface area (Å²) < 4.78 is 0. The molecule has 0 aliphatic carbocycles. The Morgan fingerprint density at radius 1 is 0.759 bits per heavy atom. The molecule has 2 aliphatic heterocycles. The number of amides is 2. The van der Waals surface area contributed by atoms with Gasteiger partial charge in [-0.3, -0.25) is 24.4 Å². The molecule has 0 spiro atoms. The predicted molar refractivity (Wildman–Crippen MR) is 230 cm³/mol. The van der Waals surface area contributed by atoms with E-state index in [1.165, 1.54) is 11.1 Å². The monoisotopic (exact) mass is 824 g/mol. The third-order valence-electron chi connectivity index (χ3n) is 11.3. The number of carbonyl (C=O) groups is 3. The van der Waals surface area contributed by atoms with Gasteiger partial charge in [-0.25, -0.2) is 0 Å². The molecule has 2 saturated heterocycles. The second kappa shape index (κ2) is 20.9. The van der Waals surface area contributed by atoms with Crippen molar-refractivity contribution in [1.29, 1.82) is 0 Å². The highest BCUT2D eigenvalue weighted by Crippen LogP contribution is 2.34. The number of aromatic amines is 2. The molecule has 2 atom stereocenters. The Kier molecular flexibility index (Phi) is 15.3. The molecule has 0 radical (unpaired) electrons. The first-order valence-corrected chi connectivity index (χ1v) is 20.4. The Bertz CT molecular complexity index is 2240. The van der Waals surface area contributed by atoms with Gasteiger partial charge in [-0.15, -0.1) is 0 Å². The summed E-state index contributed by atoms with van der Waals surface area (Å²) in [7, 11) is 2.16. The van der Waals surface area contributed by atoms with Crippen molar-refractivity contribution in [3.05, 3.63) is 130 Å². The molecular formula is C44H50Cl2N8O4. The highest BCUT2D eigenvalue weighted by molar-refractivity contribution is 6.39. The normalized spacial score (nSPS) is 16.0. The Morgan fingerprint density at radius 2 is 1.21 bits per heavy atom. The number of nitrogens with one attached hydrogen (secondary N) is 5. The van der Waals surface area contributed by atoms with E-state index in [0.717, 1.165) is 73.7 Å². The fourth-order valence-corrected chi connectivity index (χ4v) is 8.75. The van der Waals surface area contributed by atoms with Gasteiger partial charge in [0.25, 0.3) is 18.3 Å². The number of aromatic nitrogens is 4. The first kappa shape index (κ1) is 42.3. The lowest BCUT2D eigenvalue weighted by Crippen LogP contribution is -2.37. The van der Waals surface area contributed by atoms with Gasteiger partial charge >= 0.3 is 0 Å². The van der Waals surface area contributed by atoms with Gasteiger partial charge in [0.15, 0.2) is 0 Å². The molecule has 304 valence electrons. The van der Waals surface area contributed by atoms with Gasteiger partial charge in [-0.05, 0) is 130 Å². The zero-order chi connectivity index (χ0) is 40.9. The molecule has 6 N–H and O–H groups in total. The zero-order valence-corrected chi connectivity index (χ0v) is 34.0. The van der Waals surface area contributed by atoms with Crippen molar-refractivity contribution in [3.63, 3.8) is 0 Å². The van der Waals surface area contributed by atoms with Crippen LogP contribution in [0.4, 0.5) is 0 Å². The Balaban J connectivity index is 0.000000183. The second-order valence-corrected chi connectivity index (χ2v) is 15.5. The van der Waals surface area contributed by atoms with Crippen LogP contribution in [0.2, 0.25) is 10.0 Å². The number of rotatable bonds is 10. The number of likely N-dealkylation sites (tertiary alicyclic amines) is 1. The number of fused-ring (bicyclic) bond motifs is 2. The van der Waals surface area contributed by atoms with Crippen molar-refractivity contribution in [3.8, 4) is 0 Å². The number of H-pyrrole nitrogens is 2. The van der Waals surface area contributed by atoms with E-state index in [1.54, 1.807) is 24.5 Å². The molecule has 2 aliphatic rings. The summed E-state index contributed by atoms with van der Waals surface area (Å²) in [5, 5.41) is 19.3. The van der Waals surface area contributed by atoms with Crippen LogP contribution in [0.15, 0.2) is 97.8 Å². The molecule has 6 aromatic rings. The van der Waals surface area contributed by atoms with E-state index in [1.807, 2.05) is 61.2 Å². The molecule has 0 saturated carbocycles. The molecule has 14 heteroatoms. The van der Waals surface area contributed by atoms with Gasteiger partial charge < -0.3 is 35.9 Å². The largest absolute Gasteiger partial charge is 0.483 e. The van der Waals surface area contributed by atoms with Crippen LogP contribution in [0.1, 0.15) is 69.4 Å². The van der Waals surface area contributed by atoms with E-state index >= 15 is 0 Å². The molecule has 12 nitrogen and oxygen atoms in total. The van der Waals surface area contributed by atoms with Crippen LogP contribution < -0.4 is 16.0 Å². The van der Waals surface area contributed by atoms with E-state index in [2.05, 4.69) is 60.0 Å². The lowest BCUT2D eigenvalue weighted by molar-refractivity contribution is -0.122. The zero-order valence-electron chi connectivity index (χ0n) is 32.5. The highest BCUT2D eigenvalue weighted by Gasteiger charge is 2.28. The maximum absolute atomic E-state index is 12.9. The molecule has 0 bridgehead atoms. The predicted octanol–water partition coefficient (Wildman–Crippen LogP) is 7.50. The Hall–Kier alpha value is -5.27. The number of nitrogens with zero attached hydrogens (tertiary/aromatic N) is 3. The average Bonchev–Trinajstić information content (AvgIpc) is 3.95. The number of carbonyl (C=O) groups excluding carboxylic acids is 2. The molecule has 2 aromatic carbocycles. The minimum absolute atomic E-state index is 0.130. The molecule has 2 fully saturated rings. The van der Waals surface area contributed by atoms with Gasteiger partial charge in [0, 0.05) is 83.9 Å². The maximum Gasteiger partial charge on any atom is 0.290 e. The maximum atomic E-state index is 12.9. The van der Waals surface area contributed by atoms with Crippen LogP contribution in [0.3, 0.4) is 0 Å². The van der Waals surface area contributed by atoms with Gasteiger partial charge in [0.2, 0.25) is 0 Å². The van der Waals surface area contributed by atoms with E-state index in [-0.39, 0.29) is 30.1 Å². The summed E-state index contributed by atoms with van der Waals surface area (Å²) in [5.74, 6) is 1.29. The van der Waals surface area contributed by atoms with Crippen LogP contribution in [-0.4, -0.2) is 94.5 Å². The second-order valence-electron chi connectivity index (χ2n) is 14.8. The van der Waals surface area contributed by atoms with E-state index in [9.17, 15) is 9.59 Å². The third-order valence-corrected chi connectivity index (χ3v) is 12.1. The lowest BCUT2D eigenvalue weighted by Gasteiger charge is -2.34. The number of pyridine rings is 2. The molecule has 8 rings (SSSR count). The smallest absolute Gasteiger partial charge is 0.290 e. The summed E-state index contributed by atoms with van der Waals surface area (Å²) in [5.41, 5.74) is 5.25. The summed E-state index contributed by atoms with van der Waals surface area (Å²) in [6, 6.07) is 19.3. The standard InChI is InChI=1S/C22H25ClN4O.C21H23ClN4O.CH2O2/c1-27-11-7-15(8-12-27)19(16-3-2-9-24-13-16)14-26-22(28)18-4-5-20-17(21(18)23)6-10-25-20;22-20-16-7-11-25-19(16)4-3-17(20)21(27)26-13-18(14-5-9-23-10-6-14)15-2-1-8-24-12-15;2-1-3/h2-6,9-10,13,15,19,25H,7-8,11-12,14H2,1H3,(H,26,28);1-4,7-8,11-12,14,18,23,25H,5-6,9-10,13H2,(H,26,27);1H,(H,2,3). The quantitative estimate of drug-likeness (QED) is 0.0773. The van der Waals surface area contributed by atoms with Crippen molar-refractivity contribution in [2.75, 3.05) is 46.3 Å². The van der Waals surface area contributed by atoms with Crippen LogP contribution in [-0.2, 0) is 4.79 Å². The van der Waals surface area contributed by atoms with E-state index < -0.39 is 0 Å². The van der Waals surface area contributed by atoms with Crippen molar-refractivity contribution < 1.29 is 19.5 Å². The number of halogens is 2. The average molecular weight is 826 g/mol. The SMILES string of the molecule is CN1CCC(C(CNC(=O)c2ccc3[nH]ccc3c2Cl)c2cccnc2)CC1.O=C(NCC(c1cccnc1)C1CCNCC1)c1ccc2[nH]ccc2c1Cl.O=CO.